The van der Waals surface area contributed by atoms with Gasteiger partial charge in [-0.25, -0.2) is 5.43 Å². The number of benzene rings is 1. The van der Waals surface area contributed by atoms with Crippen molar-refractivity contribution in [2.24, 2.45) is 5.10 Å². The third-order valence-corrected chi connectivity index (χ3v) is 2.86. The van der Waals surface area contributed by atoms with Crippen molar-refractivity contribution in [3.63, 3.8) is 0 Å². The van der Waals surface area contributed by atoms with E-state index in [0.717, 1.165) is 0 Å². The van der Waals surface area contributed by atoms with Gasteiger partial charge in [-0.3, -0.25) is 9.59 Å². The maximum absolute atomic E-state index is 11.6. The molecular formula is C14H16Cl2N2O4. The Labute approximate surface area is 138 Å². The number of carbonyl (C=O) groups excluding carboxylic acids is 2. The van der Waals surface area contributed by atoms with Gasteiger partial charge >= 0.3 is 5.97 Å². The van der Waals surface area contributed by atoms with E-state index in [4.69, 9.17) is 32.7 Å². The number of halogens is 2. The molecule has 1 amide bonds. The van der Waals surface area contributed by atoms with Gasteiger partial charge in [0.25, 0.3) is 5.91 Å². The lowest BCUT2D eigenvalue weighted by atomic mass is 10.3. The largest absolute Gasteiger partial charge is 0.482 e. The number of esters is 1. The van der Waals surface area contributed by atoms with Gasteiger partial charge in [0, 0.05) is 10.7 Å². The van der Waals surface area contributed by atoms with Crippen LogP contribution in [0.3, 0.4) is 0 Å². The van der Waals surface area contributed by atoms with Gasteiger partial charge in [0.1, 0.15) is 5.75 Å². The molecule has 0 spiro atoms. The SMILES string of the molecule is CCOC(=O)CC(C)=NNC(=O)COc1ccc(Cl)cc1Cl. The molecule has 0 aliphatic rings. The normalized spacial score (nSPS) is 11.0. The second-order valence-corrected chi connectivity index (χ2v) is 5.07. The van der Waals surface area contributed by atoms with Crippen LogP contribution in [-0.4, -0.2) is 30.8 Å². The molecule has 0 aliphatic carbocycles. The summed E-state index contributed by atoms with van der Waals surface area (Å²) in [4.78, 5) is 22.8. The first-order chi connectivity index (χ1) is 10.4. The molecule has 0 fully saturated rings. The van der Waals surface area contributed by atoms with Crippen molar-refractivity contribution in [1.82, 2.24) is 5.43 Å². The second-order valence-electron chi connectivity index (χ2n) is 4.23. The average Bonchev–Trinajstić information content (AvgIpc) is 2.44. The molecule has 0 aliphatic heterocycles. The molecule has 0 bridgehead atoms. The fraction of sp³-hybridized carbons (Fsp3) is 0.357. The molecule has 0 saturated heterocycles. The van der Waals surface area contributed by atoms with Crippen LogP contribution in [0.15, 0.2) is 23.3 Å². The third-order valence-electron chi connectivity index (χ3n) is 2.33. The van der Waals surface area contributed by atoms with Crippen LogP contribution in [0.25, 0.3) is 0 Å². The van der Waals surface area contributed by atoms with E-state index >= 15 is 0 Å². The summed E-state index contributed by atoms with van der Waals surface area (Å²) in [6.45, 7) is 3.35. The van der Waals surface area contributed by atoms with Gasteiger partial charge in [-0.05, 0) is 32.0 Å². The number of hydrogen-bond acceptors (Lipinski definition) is 5. The maximum Gasteiger partial charge on any atom is 0.311 e. The van der Waals surface area contributed by atoms with Crippen molar-refractivity contribution in [1.29, 1.82) is 0 Å². The van der Waals surface area contributed by atoms with Crippen LogP contribution >= 0.6 is 23.2 Å². The Hall–Kier alpha value is -1.79. The highest BCUT2D eigenvalue weighted by atomic mass is 35.5. The Morgan fingerprint density at radius 3 is 2.68 bits per heavy atom. The van der Waals surface area contributed by atoms with Crippen LogP contribution in [-0.2, 0) is 14.3 Å². The number of hydrazone groups is 1. The number of amides is 1. The molecule has 1 rings (SSSR count). The minimum Gasteiger partial charge on any atom is -0.482 e. The van der Waals surface area contributed by atoms with Crippen molar-refractivity contribution in [3.8, 4) is 5.75 Å². The zero-order valence-corrected chi connectivity index (χ0v) is 13.7. The Morgan fingerprint density at radius 1 is 1.32 bits per heavy atom. The van der Waals surface area contributed by atoms with Crippen molar-refractivity contribution < 1.29 is 19.1 Å². The smallest absolute Gasteiger partial charge is 0.311 e. The number of ether oxygens (including phenoxy) is 2. The maximum atomic E-state index is 11.6. The standard InChI is InChI=1S/C14H16Cl2N2O4/c1-3-21-14(20)6-9(2)17-18-13(19)8-22-12-5-4-10(15)7-11(12)16/h4-5,7H,3,6,8H2,1-2H3,(H,18,19). The van der Waals surface area contributed by atoms with E-state index in [1.165, 1.54) is 6.07 Å². The number of nitrogens with one attached hydrogen (secondary N) is 1. The molecule has 0 saturated carbocycles. The Balaban J connectivity index is 2.41. The lowest BCUT2D eigenvalue weighted by Gasteiger charge is -2.07. The molecular weight excluding hydrogens is 331 g/mol. The molecule has 0 atom stereocenters. The highest BCUT2D eigenvalue weighted by Crippen LogP contribution is 2.27. The molecule has 22 heavy (non-hydrogen) atoms. The quantitative estimate of drug-likeness (QED) is 0.467. The zero-order valence-electron chi connectivity index (χ0n) is 12.2. The monoisotopic (exact) mass is 346 g/mol. The first-order valence-corrected chi connectivity index (χ1v) is 7.23. The van der Waals surface area contributed by atoms with Crippen molar-refractivity contribution in [2.75, 3.05) is 13.2 Å². The Bertz CT molecular complexity index is 576. The molecule has 0 aromatic heterocycles. The zero-order chi connectivity index (χ0) is 16.5. The van der Waals surface area contributed by atoms with Crippen LogP contribution in [0.2, 0.25) is 10.0 Å². The first kappa shape index (κ1) is 18.3. The van der Waals surface area contributed by atoms with E-state index in [-0.39, 0.29) is 13.0 Å². The van der Waals surface area contributed by atoms with Gasteiger partial charge in [0.15, 0.2) is 6.61 Å². The van der Waals surface area contributed by atoms with Crippen LogP contribution in [0.4, 0.5) is 0 Å². The topological polar surface area (TPSA) is 77.0 Å². The molecule has 1 aromatic rings. The highest BCUT2D eigenvalue weighted by molar-refractivity contribution is 6.35. The molecule has 120 valence electrons. The summed E-state index contributed by atoms with van der Waals surface area (Å²) >= 11 is 11.7. The minimum absolute atomic E-state index is 0.0119. The number of carbonyl (C=O) groups is 2. The van der Waals surface area contributed by atoms with E-state index in [0.29, 0.717) is 28.1 Å². The lowest BCUT2D eigenvalue weighted by Crippen LogP contribution is -2.26. The highest BCUT2D eigenvalue weighted by Gasteiger charge is 2.07. The summed E-state index contributed by atoms with van der Waals surface area (Å²) in [5.74, 6) is -0.537. The van der Waals surface area contributed by atoms with Crippen molar-refractivity contribution >= 4 is 40.8 Å². The van der Waals surface area contributed by atoms with Crippen molar-refractivity contribution in [3.05, 3.63) is 28.2 Å². The van der Waals surface area contributed by atoms with Crippen LogP contribution in [0, 0.1) is 0 Å². The van der Waals surface area contributed by atoms with Crippen LogP contribution in [0.1, 0.15) is 20.3 Å². The second kappa shape index (κ2) is 9.27. The lowest BCUT2D eigenvalue weighted by molar-refractivity contribution is -0.141. The van der Waals surface area contributed by atoms with Crippen LogP contribution < -0.4 is 10.2 Å². The number of rotatable bonds is 7. The van der Waals surface area contributed by atoms with E-state index in [9.17, 15) is 9.59 Å². The summed E-state index contributed by atoms with van der Waals surface area (Å²) in [5.41, 5.74) is 2.71. The summed E-state index contributed by atoms with van der Waals surface area (Å²) in [6, 6.07) is 4.67. The summed E-state index contributed by atoms with van der Waals surface area (Å²) in [7, 11) is 0. The first-order valence-electron chi connectivity index (χ1n) is 6.47. The predicted octanol–water partition coefficient (Wildman–Crippen LogP) is 2.82. The molecule has 0 radical (unpaired) electrons. The summed E-state index contributed by atoms with van der Waals surface area (Å²) in [5, 5.41) is 4.56. The molecule has 0 heterocycles. The molecule has 8 heteroatoms. The fourth-order valence-electron chi connectivity index (χ4n) is 1.39. The van der Waals surface area contributed by atoms with Crippen LogP contribution in [0.5, 0.6) is 5.75 Å². The number of hydrogen-bond donors (Lipinski definition) is 1. The van der Waals surface area contributed by atoms with E-state index in [2.05, 4.69) is 10.5 Å². The van der Waals surface area contributed by atoms with Gasteiger partial charge in [-0.2, -0.15) is 5.10 Å². The molecule has 6 nitrogen and oxygen atoms in total. The number of nitrogens with zero attached hydrogens (tertiary/aromatic N) is 1. The molecule has 1 aromatic carbocycles. The fourth-order valence-corrected chi connectivity index (χ4v) is 1.85. The van der Waals surface area contributed by atoms with Gasteiger partial charge in [0.05, 0.1) is 18.1 Å². The minimum atomic E-state index is -0.478. The molecule has 0 unspecified atom stereocenters. The van der Waals surface area contributed by atoms with Gasteiger partial charge in [0.2, 0.25) is 0 Å². The van der Waals surface area contributed by atoms with Gasteiger partial charge in [-0.15, -0.1) is 0 Å². The van der Waals surface area contributed by atoms with Gasteiger partial charge in [-0.1, -0.05) is 23.2 Å². The van der Waals surface area contributed by atoms with E-state index < -0.39 is 11.9 Å². The van der Waals surface area contributed by atoms with Gasteiger partial charge < -0.3 is 9.47 Å². The van der Waals surface area contributed by atoms with Crippen molar-refractivity contribution in [2.45, 2.75) is 20.3 Å². The summed E-state index contributed by atoms with van der Waals surface area (Å²) < 4.78 is 10.0. The molecule has 1 N–H and O–H groups in total. The Morgan fingerprint density at radius 2 is 2.05 bits per heavy atom. The Kier molecular flexibility index (Phi) is 7.70. The van der Waals surface area contributed by atoms with E-state index in [1.54, 1.807) is 26.0 Å². The third kappa shape index (κ3) is 6.78. The average molecular weight is 347 g/mol. The summed E-state index contributed by atoms with van der Waals surface area (Å²) in [6.07, 6.45) is 0.0119. The predicted molar refractivity (Wildman–Crippen MR) is 84.5 cm³/mol. The van der Waals surface area contributed by atoms with E-state index in [1.807, 2.05) is 0 Å².